The average molecular weight is 287 g/mol. The van der Waals surface area contributed by atoms with Gasteiger partial charge < -0.3 is 10.5 Å². The number of fused-ring (bicyclic) bond motifs is 1. The van der Waals surface area contributed by atoms with Gasteiger partial charge in [0.25, 0.3) is 5.69 Å². The number of hydrogen-bond donors (Lipinski definition) is 1. The quantitative estimate of drug-likeness (QED) is 0.692. The summed E-state index contributed by atoms with van der Waals surface area (Å²) in [6, 6.07) is 4.78. The van der Waals surface area contributed by atoms with Crippen LogP contribution in [0.2, 0.25) is 0 Å². The summed E-state index contributed by atoms with van der Waals surface area (Å²) >= 11 is 0. The fourth-order valence-corrected chi connectivity index (χ4v) is 2.85. The lowest BCUT2D eigenvalue weighted by atomic mass is 9.93. The van der Waals surface area contributed by atoms with Crippen LogP contribution in [0.5, 0.6) is 5.75 Å². The lowest BCUT2D eigenvalue weighted by Gasteiger charge is -2.29. The smallest absolute Gasteiger partial charge is 0.277 e. The molecule has 110 valence electrons. The van der Waals surface area contributed by atoms with Gasteiger partial charge >= 0.3 is 0 Å². The van der Waals surface area contributed by atoms with Gasteiger partial charge in [-0.1, -0.05) is 6.42 Å². The molecule has 0 bridgehead atoms. The van der Waals surface area contributed by atoms with E-state index >= 15 is 0 Å². The van der Waals surface area contributed by atoms with Crippen LogP contribution >= 0.6 is 0 Å². The minimum atomic E-state index is -0.390. The van der Waals surface area contributed by atoms with E-state index in [2.05, 4.69) is 4.98 Å². The Morgan fingerprint density at radius 3 is 2.81 bits per heavy atom. The van der Waals surface area contributed by atoms with Crippen molar-refractivity contribution >= 4 is 16.5 Å². The third-order valence-corrected chi connectivity index (χ3v) is 3.98. The second-order valence-electron chi connectivity index (χ2n) is 5.37. The van der Waals surface area contributed by atoms with Gasteiger partial charge in [-0.05, 0) is 31.4 Å². The molecule has 1 aliphatic carbocycles. The molecule has 1 fully saturated rings. The number of nitrogens with two attached hydrogens (primary N) is 1. The number of nitrogens with zero attached hydrogens (tertiary/aromatic N) is 2. The van der Waals surface area contributed by atoms with Gasteiger partial charge in [0.05, 0.1) is 10.3 Å². The van der Waals surface area contributed by atoms with Crippen LogP contribution in [-0.4, -0.2) is 22.1 Å². The number of rotatable bonds is 3. The van der Waals surface area contributed by atoms with Crippen LogP contribution in [0, 0.1) is 10.1 Å². The van der Waals surface area contributed by atoms with E-state index in [-0.39, 0.29) is 17.8 Å². The topological polar surface area (TPSA) is 91.3 Å². The Balaban J connectivity index is 1.99. The summed E-state index contributed by atoms with van der Waals surface area (Å²) in [6.45, 7) is 0. The fraction of sp³-hybridized carbons (Fsp3) is 0.400. The van der Waals surface area contributed by atoms with E-state index in [1.807, 2.05) is 0 Å². The first-order valence-electron chi connectivity index (χ1n) is 7.10. The van der Waals surface area contributed by atoms with Crippen LogP contribution in [0.15, 0.2) is 30.6 Å². The summed E-state index contributed by atoms with van der Waals surface area (Å²) in [4.78, 5) is 14.8. The number of pyridine rings is 1. The second kappa shape index (κ2) is 5.65. The molecule has 1 aliphatic rings. The zero-order valence-electron chi connectivity index (χ0n) is 11.6. The summed E-state index contributed by atoms with van der Waals surface area (Å²) in [5, 5.41) is 12.3. The zero-order valence-corrected chi connectivity index (χ0v) is 11.6. The predicted molar refractivity (Wildman–Crippen MR) is 79.3 cm³/mol. The monoisotopic (exact) mass is 287 g/mol. The number of aromatic nitrogens is 1. The van der Waals surface area contributed by atoms with Crippen molar-refractivity contribution in [2.24, 2.45) is 5.73 Å². The van der Waals surface area contributed by atoms with E-state index in [9.17, 15) is 10.1 Å². The van der Waals surface area contributed by atoms with Crippen LogP contribution in [0.3, 0.4) is 0 Å². The molecular weight excluding hydrogens is 270 g/mol. The van der Waals surface area contributed by atoms with E-state index in [1.54, 1.807) is 24.5 Å². The Bertz CT molecular complexity index is 674. The molecule has 2 N–H and O–H groups in total. The molecule has 0 radical (unpaired) electrons. The lowest BCUT2D eigenvalue weighted by Crippen LogP contribution is -2.41. The van der Waals surface area contributed by atoms with Crippen LogP contribution in [0.25, 0.3) is 10.8 Å². The minimum Gasteiger partial charge on any atom is -0.488 e. The van der Waals surface area contributed by atoms with Crippen molar-refractivity contribution in [3.05, 3.63) is 40.7 Å². The van der Waals surface area contributed by atoms with Gasteiger partial charge in [-0.15, -0.1) is 0 Å². The average Bonchev–Trinajstić information content (AvgIpc) is 2.49. The summed E-state index contributed by atoms with van der Waals surface area (Å²) in [7, 11) is 0. The summed E-state index contributed by atoms with van der Waals surface area (Å²) in [5.74, 6) is 0.617. The Kier molecular flexibility index (Phi) is 3.70. The van der Waals surface area contributed by atoms with Crippen molar-refractivity contribution in [2.45, 2.75) is 37.8 Å². The second-order valence-corrected chi connectivity index (χ2v) is 5.37. The normalized spacial score (nSPS) is 22.1. The molecule has 2 aromatic rings. The van der Waals surface area contributed by atoms with Crippen molar-refractivity contribution in [3.63, 3.8) is 0 Å². The molecule has 1 aromatic carbocycles. The highest BCUT2D eigenvalue weighted by Crippen LogP contribution is 2.34. The molecular formula is C15H17N3O3. The molecule has 3 rings (SSSR count). The third kappa shape index (κ3) is 2.67. The summed E-state index contributed by atoms with van der Waals surface area (Å²) < 4.78 is 6.03. The Morgan fingerprint density at radius 1 is 1.24 bits per heavy atom. The van der Waals surface area contributed by atoms with Gasteiger partial charge in [0.15, 0.2) is 0 Å². The molecule has 0 saturated heterocycles. The Labute approximate surface area is 122 Å². The van der Waals surface area contributed by atoms with Gasteiger partial charge in [-0.3, -0.25) is 15.1 Å². The number of non-ortho nitro benzene ring substituents is 1. The minimum absolute atomic E-state index is 0.0145. The largest absolute Gasteiger partial charge is 0.488 e. The number of benzene rings is 1. The van der Waals surface area contributed by atoms with E-state index < -0.39 is 4.92 Å². The standard InChI is InChI=1S/C15H17N3O3/c16-12-3-1-2-4-15(12)21-14-6-5-13(18(19)20)10-7-8-17-9-11(10)14/h5-9,12,15H,1-4,16H2. The first kappa shape index (κ1) is 13.8. The van der Waals surface area contributed by atoms with Gasteiger partial charge in [-0.2, -0.15) is 0 Å². The first-order chi connectivity index (χ1) is 10.2. The van der Waals surface area contributed by atoms with Crippen LogP contribution in [-0.2, 0) is 0 Å². The molecule has 2 atom stereocenters. The lowest BCUT2D eigenvalue weighted by molar-refractivity contribution is -0.383. The highest BCUT2D eigenvalue weighted by molar-refractivity contribution is 5.94. The third-order valence-electron chi connectivity index (χ3n) is 3.98. The first-order valence-corrected chi connectivity index (χ1v) is 7.10. The van der Waals surface area contributed by atoms with E-state index in [1.165, 1.54) is 6.07 Å². The predicted octanol–water partition coefficient (Wildman–Crippen LogP) is 2.79. The SMILES string of the molecule is NC1CCCCC1Oc1ccc([N+](=O)[O-])c2ccncc12. The molecule has 1 aromatic heterocycles. The molecule has 6 nitrogen and oxygen atoms in total. The van der Waals surface area contributed by atoms with Crippen LogP contribution in [0.1, 0.15) is 25.7 Å². The van der Waals surface area contributed by atoms with Crippen LogP contribution in [0.4, 0.5) is 5.69 Å². The molecule has 21 heavy (non-hydrogen) atoms. The number of ether oxygens (including phenoxy) is 1. The van der Waals surface area contributed by atoms with Crippen molar-refractivity contribution in [1.29, 1.82) is 0 Å². The van der Waals surface area contributed by atoms with Crippen LogP contribution < -0.4 is 10.5 Å². The highest BCUT2D eigenvalue weighted by atomic mass is 16.6. The van der Waals surface area contributed by atoms with Crippen molar-refractivity contribution in [2.75, 3.05) is 0 Å². The molecule has 6 heteroatoms. The van der Waals surface area contributed by atoms with Crippen molar-refractivity contribution in [1.82, 2.24) is 4.98 Å². The van der Waals surface area contributed by atoms with Gasteiger partial charge in [0.2, 0.25) is 0 Å². The Hall–Kier alpha value is -2.21. The summed E-state index contributed by atoms with van der Waals surface area (Å²) in [6.07, 6.45) is 7.21. The van der Waals surface area contributed by atoms with E-state index in [4.69, 9.17) is 10.5 Å². The number of nitro groups is 1. The number of nitro benzene ring substituents is 1. The summed E-state index contributed by atoms with van der Waals surface area (Å²) in [5.41, 5.74) is 6.16. The Morgan fingerprint density at radius 2 is 2.05 bits per heavy atom. The molecule has 0 aliphatic heterocycles. The zero-order chi connectivity index (χ0) is 14.8. The van der Waals surface area contributed by atoms with Crippen molar-refractivity contribution < 1.29 is 9.66 Å². The maximum Gasteiger partial charge on any atom is 0.277 e. The molecule has 1 saturated carbocycles. The van der Waals surface area contributed by atoms with Gasteiger partial charge in [-0.25, -0.2) is 0 Å². The maximum atomic E-state index is 11.1. The van der Waals surface area contributed by atoms with Gasteiger partial charge in [0.1, 0.15) is 11.9 Å². The van der Waals surface area contributed by atoms with Crippen molar-refractivity contribution in [3.8, 4) is 5.75 Å². The number of hydrogen-bond acceptors (Lipinski definition) is 5. The fourth-order valence-electron chi connectivity index (χ4n) is 2.85. The molecule has 0 spiro atoms. The highest BCUT2D eigenvalue weighted by Gasteiger charge is 2.25. The van der Waals surface area contributed by atoms with E-state index in [0.29, 0.717) is 16.5 Å². The molecule has 1 heterocycles. The van der Waals surface area contributed by atoms with Gasteiger partial charge in [0, 0.05) is 29.9 Å². The maximum absolute atomic E-state index is 11.1. The molecule has 0 amide bonds. The van der Waals surface area contributed by atoms with E-state index in [0.717, 1.165) is 25.7 Å². The molecule has 2 unspecified atom stereocenters.